The van der Waals surface area contributed by atoms with Gasteiger partial charge in [-0.3, -0.25) is 0 Å². The highest BCUT2D eigenvalue weighted by atomic mass is 35.5. The standard InChI is InChI=1S/C17H16Cl2O2/c18-17(19)8-4-5-13-20-14-9-11-16(12-10-14)21-15-6-2-1-3-7-15/h1-3,6-12H,4-5,13H2. The highest BCUT2D eigenvalue weighted by Crippen LogP contribution is 2.23. The SMILES string of the molecule is ClC(Cl)=CCCCOc1ccc(Oc2ccccc2)cc1. The zero-order valence-corrected chi connectivity index (χ0v) is 13.0. The van der Waals surface area contributed by atoms with Crippen molar-refractivity contribution in [3.05, 3.63) is 65.2 Å². The van der Waals surface area contributed by atoms with E-state index < -0.39 is 0 Å². The summed E-state index contributed by atoms with van der Waals surface area (Å²) in [5, 5.41) is 0. The van der Waals surface area contributed by atoms with Crippen LogP contribution in [0.2, 0.25) is 0 Å². The van der Waals surface area contributed by atoms with Crippen LogP contribution < -0.4 is 9.47 Å². The van der Waals surface area contributed by atoms with E-state index in [0.29, 0.717) is 11.1 Å². The highest BCUT2D eigenvalue weighted by molar-refractivity contribution is 6.55. The molecular formula is C17H16Cl2O2. The first-order chi connectivity index (χ1) is 10.2. The van der Waals surface area contributed by atoms with Crippen LogP contribution in [0.25, 0.3) is 0 Å². The van der Waals surface area contributed by atoms with Gasteiger partial charge in [-0.2, -0.15) is 0 Å². The summed E-state index contributed by atoms with van der Waals surface area (Å²) in [7, 11) is 0. The van der Waals surface area contributed by atoms with Gasteiger partial charge < -0.3 is 9.47 Å². The second kappa shape index (κ2) is 8.60. The minimum Gasteiger partial charge on any atom is -0.494 e. The monoisotopic (exact) mass is 322 g/mol. The van der Waals surface area contributed by atoms with Gasteiger partial charge in [-0.15, -0.1) is 0 Å². The fraction of sp³-hybridized carbons (Fsp3) is 0.176. The fourth-order valence-corrected chi connectivity index (χ4v) is 1.93. The van der Waals surface area contributed by atoms with E-state index in [0.717, 1.165) is 30.1 Å². The number of hydrogen-bond acceptors (Lipinski definition) is 2. The van der Waals surface area contributed by atoms with Crippen molar-refractivity contribution >= 4 is 23.2 Å². The van der Waals surface area contributed by atoms with E-state index >= 15 is 0 Å². The van der Waals surface area contributed by atoms with Crippen LogP contribution in [0.1, 0.15) is 12.8 Å². The van der Waals surface area contributed by atoms with Crippen molar-refractivity contribution in [2.75, 3.05) is 6.61 Å². The Balaban J connectivity index is 1.78. The molecule has 0 amide bonds. The lowest BCUT2D eigenvalue weighted by atomic mass is 10.3. The van der Waals surface area contributed by atoms with Crippen molar-refractivity contribution in [2.45, 2.75) is 12.8 Å². The molecule has 0 radical (unpaired) electrons. The Labute approximate surface area is 134 Å². The van der Waals surface area contributed by atoms with E-state index in [1.165, 1.54) is 0 Å². The molecular weight excluding hydrogens is 307 g/mol. The average Bonchev–Trinajstić information content (AvgIpc) is 2.49. The maximum atomic E-state index is 5.71. The summed E-state index contributed by atoms with van der Waals surface area (Å²) in [5.41, 5.74) is 0. The number of ether oxygens (including phenoxy) is 2. The Hall–Kier alpha value is -1.64. The molecule has 110 valence electrons. The molecule has 0 saturated carbocycles. The van der Waals surface area contributed by atoms with Gasteiger partial charge in [0.1, 0.15) is 21.7 Å². The van der Waals surface area contributed by atoms with Crippen molar-refractivity contribution in [3.63, 3.8) is 0 Å². The van der Waals surface area contributed by atoms with Crippen LogP contribution in [0.5, 0.6) is 17.2 Å². The predicted molar refractivity (Wildman–Crippen MR) is 87.5 cm³/mol. The Morgan fingerprint density at radius 1 is 0.857 bits per heavy atom. The van der Waals surface area contributed by atoms with E-state index in [2.05, 4.69) is 0 Å². The molecule has 0 spiro atoms. The normalized spacial score (nSPS) is 10.0. The summed E-state index contributed by atoms with van der Waals surface area (Å²) in [5.74, 6) is 2.41. The summed E-state index contributed by atoms with van der Waals surface area (Å²) in [4.78, 5) is 0. The Morgan fingerprint density at radius 2 is 1.48 bits per heavy atom. The zero-order valence-electron chi connectivity index (χ0n) is 11.5. The molecule has 2 nitrogen and oxygen atoms in total. The Kier molecular flexibility index (Phi) is 6.45. The lowest BCUT2D eigenvalue weighted by Crippen LogP contribution is -1.96. The molecule has 0 saturated heterocycles. The number of para-hydroxylation sites is 1. The molecule has 2 aromatic rings. The number of unbranched alkanes of at least 4 members (excludes halogenated alkanes) is 1. The molecule has 0 heterocycles. The molecule has 0 aliphatic heterocycles. The van der Waals surface area contributed by atoms with Crippen LogP contribution in [0.3, 0.4) is 0 Å². The van der Waals surface area contributed by atoms with Crippen molar-refractivity contribution < 1.29 is 9.47 Å². The molecule has 0 aliphatic rings. The third-order valence-electron chi connectivity index (χ3n) is 2.72. The molecule has 0 fully saturated rings. The smallest absolute Gasteiger partial charge is 0.127 e. The van der Waals surface area contributed by atoms with Gasteiger partial charge >= 0.3 is 0 Å². The Morgan fingerprint density at radius 3 is 2.14 bits per heavy atom. The van der Waals surface area contributed by atoms with Crippen LogP contribution in [0, 0.1) is 0 Å². The average molecular weight is 323 g/mol. The quantitative estimate of drug-likeness (QED) is 0.586. The lowest BCUT2D eigenvalue weighted by Gasteiger charge is -2.08. The zero-order chi connectivity index (χ0) is 14.9. The minimum atomic E-state index is 0.303. The number of hydrogen-bond donors (Lipinski definition) is 0. The van der Waals surface area contributed by atoms with E-state index in [4.69, 9.17) is 32.7 Å². The van der Waals surface area contributed by atoms with E-state index in [-0.39, 0.29) is 0 Å². The molecule has 2 rings (SSSR count). The topological polar surface area (TPSA) is 18.5 Å². The molecule has 0 bridgehead atoms. The molecule has 0 aromatic heterocycles. The number of allylic oxidation sites excluding steroid dienone is 1. The van der Waals surface area contributed by atoms with Gasteiger partial charge in [-0.25, -0.2) is 0 Å². The van der Waals surface area contributed by atoms with Crippen LogP contribution in [0.15, 0.2) is 65.2 Å². The first-order valence-corrected chi connectivity index (χ1v) is 7.46. The second-order valence-corrected chi connectivity index (χ2v) is 5.38. The van der Waals surface area contributed by atoms with Crippen molar-refractivity contribution in [1.82, 2.24) is 0 Å². The van der Waals surface area contributed by atoms with Crippen LogP contribution in [-0.2, 0) is 0 Å². The summed E-state index contributed by atoms with van der Waals surface area (Å²) in [6.07, 6.45) is 3.44. The van der Waals surface area contributed by atoms with Gasteiger partial charge in [0.05, 0.1) is 6.61 Å². The first kappa shape index (κ1) is 15.7. The number of benzene rings is 2. The van der Waals surface area contributed by atoms with Crippen LogP contribution in [0.4, 0.5) is 0 Å². The van der Waals surface area contributed by atoms with Crippen LogP contribution >= 0.6 is 23.2 Å². The first-order valence-electron chi connectivity index (χ1n) is 6.71. The second-order valence-electron chi connectivity index (χ2n) is 4.37. The molecule has 0 aliphatic carbocycles. The van der Waals surface area contributed by atoms with Gasteiger partial charge in [-0.05, 0) is 49.2 Å². The number of rotatable bonds is 7. The summed E-state index contributed by atoms with van der Waals surface area (Å²) < 4.78 is 11.6. The predicted octanol–water partition coefficient (Wildman–Crippen LogP) is 5.96. The maximum absolute atomic E-state index is 5.71. The van der Waals surface area contributed by atoms with Gasteiger partial charge in [0.25, 0.3) is 0 Å². The molecule has 0 atom stereocenters. The van der Waals surface area contributed by atoms with Crippen molar-refractivity contribution in [3.8, 4) is 17.2 Å². The number of halogens is 2. The largest absolute Gasteiger partial charge is 0.494 e. The summed E-state index contributed by atoms with van der Waals surface area (Å²) >= 11 is 11.1. The van der Waals surface area contributed by atoms with E-state index in [1.54, 1.807) is 6.08 Å². The van der Waals surface area contributed by atoms with Gasteiger partial charge in [-0.1, -0.05) is 47.5 Å². The Bertz CT molecular complexity index is 561. The van der Waals surface area contributed by atoms with Crippen molar-refractivity contribution in [2.24, 2.45) is 0 Å². The van der Waals surface area contributed by atoms with E-state index in [1.807, 2.05) is 54.6 Å². The summed E-state index contributed by atoms with van der Waals surface area (Å²) in [6, 6.07) is 17.2. The molecule has 21 heavy (non-hydrogen) atoms. The van der Waals surface area contributed by atoms with Gasteiger partial charge in [0.2, 0.25) is 0 Å². The van der Waals surface area contributed by atoms with Crippen LogP contribution in [-0.4, -0.2) is 6.61 Å². The lowest BCUT2D eigenvalue weighted by molar-refractivity contribution is 0.311. The fourth-order valence-electron chi connectivity index (χ4n) is 1.71. The molecule has 4 heteroatoms. The molecule has 0 unspecified atom stereocenters. The molecule has 2 aromatic carbocycles. The summed E-state index contributed by atoms with van der Waals surface area (Å²) in [6.45, 7) is 0.621. The highest BCUT2D eigenvalue weighted by Gasteiger charge is 1.98. The third-order valence-corrected chi connectivity index (χ3v) is 3.03. The van der Waals surface area contributed by atoms with Gasteiger partial charge in [0, 0.05) is 0 Å². The minimum absolute atomic E-state index is 0.303. The molecule has 0 N–H and O–H groups in total. The maximum Gasteiger partial charge on any atom is 0.127 e. The van der Waals surface area contributed by atoms with Gasteiger partial charge in [0.15, 0.2) is 0 Å². The third kappa shape index (κ3) is 6.11. The van der Waals surface area contributed by atoms with Crippen molar-refractivity contribution in [1.29, 1.82) is 0 Å². The van der Waals surface area contributed by atoms with E-state index in [9.17, 15) is 0 Å².